The molecule has 19 heavy (non-hydrogen) atoms. The lowest BCUT2D eigenvalue weighted by Crippen LogP contribution is -2.24. The van der Waals surface area contributed by atoms with E-state index >= 15 is 0 Å². The molecule has 0 radical (unpaired) electrons. The van der Waals surface area contributed by atoms with Gasteiger partial charge >= 0.3 is 0 Å². The van der Waals surface area contributed by atoms with Crippen LogP contribution in [0, 0.1) is 12.7 Å². The van der Waals surface area contributed by atoms with Crippen molar-refractivity contribution < 1.29 is 9.18 Å². The van der Waals surface area contributed by atoms with E-state index < -0.39 is 11.7 Å². The van der Waals surface area contributed by atoms with Crippen LogP contribution in [0.25, 0.3) is 0 Å². The molecule has 0 spiro atoms. The second-order valence-corrected chi connectivity index (χ2v) is 4.88. The Labute approximate surface area is 113 Å². The summed E-state index contributed by atoms with van der Waals surface area (Å²) in [6.45, 7) is 2.33. The molecule has 0 aliphatic heterocycles. The minimum absolute atomic E-state index is 0.0860. The van der Waals surface area contributed by atoms with Gasteiger partial charge in [-0.05, 0) is 30.0 Å². The lowest BCUT2D eigenvalue weighted by molar-refractivity contribution is 0.0947. The van der Waals surface area contributed by atoms with Crippen LogP contribution in [0.3, 0.4) is 0 Å². The predicted molar refractivity (Wildman–Crippen MR) is 72.2 cm³/mol. The highest BCUT2D eigenvalue weighted by Crippen LogP contribution is 2.16. The van der Waals surface area contributed by atoms with Gasteiger partial charge in [-0.25, -0.2) is 15.2 Å². The average Bonchev–Trinajstić information content (AvgIpc) is 2.82. The van der Waals surface area contributed by atoms with Gasteiger partial charge in [-0.15, -0.1) is 11.3 Å². The number of hydrogen-bond acceptors (Lipinski definition) is 5. The summed E-state index contributed by atoms with van der Waals surface area (Å²) in [5, 5.41) is 4.61. The zero-order chi connectivity index (χ0) is 13.8. The molecule has 0 atom stereocenters. The molecule has 2 aromatic heterocycles. The van der Waals surface area contributed by atoms with Crippen molar-refractivity contribution >= 4 is 23.1 Å². The zero-order valence-electron chi connectivity index (χ0n) is 10.2. The number of halogens is 1. The largest absolute Gasteiger partial charge is 0.347 e. The Morgan fingerprint density at radius 1 is 1.53 bits per heavy atom. The van der Waals surface area contributed by atoms with Crippen molar-refractivity contribution in [1.29, 1.82) is 0 Å². The Morgan fingerprint density at radius 3 is 2.95 bits per heavy atom. The highest BCUT2D eigenvalue weighted by molar-refractivity contribution is 7.10. The standard InChI is InChI=1S/C12H13FN4OS/c1-7-3-5-19-9(7)6-16-12(18)8-2-4-15-11(17-14)10(8)13/h2-5H,6,14H2,1H3,(H,15,17)(H,16,18). The molecule has 0 aliphatic rings. The SMILES string of the molecule is Cc1ccsc1CNC(=O)c1ccnc(NN)c1F. The molecule has 1 amide bonds. The maximum absolute atomic E-state index is 13.8. The number of amides is 1. The zero-order valence-corrected chi connectivity index (χ0v) is 11.1. The van der Waals surface area contributed by atoms with E-state index in [-0.39, 0.29) is 11.4 Å². The monoisotopic (exact) mass is 280 g/mol. The Kier molecular flexibility index (Phi) is 4.08. The predicted octanol–water partition coefficient (Wildman–Crippen LogP) is 1.81. The maximum atomic E-state index is 13.8. The normalized spacial score (nSPS) is 10.3. The van der Waals surface area contributed by atoms with Crippen molar-refractivity contribution in [2.45, 2.75) is 13.5 Å². The second-order valence-electron chi connectivity index (χ2n) is 3.87. The van der Waals surface area contributed by atoms with Crippen LogP contribution in [0.15, 0.2) is 23.7 Å². The number of nitrogens with zero attached hydrogens (tertiary/aromatic N) is 1. The smallest absolute Gasteiger partial charge is 0.254 e. The van der Waals surface area contributed by atoms with E-state index in [1.54, 1.807) is 11.3 Å². The number of nitrogens with one attached hydrogen (secondary N) is 2. The van der Waals surface area contributed by atoms with E-state index in [1.807, 2.05) is 18.4 Å². The van der Waals surface area contributed by atoms with Crippen LogP contribution < -0.4 is 16.6 Å². The first-order chi connectivity index (χ1) is 9.13. The van der Waals surface area contributed by atoms with Gasteiger partial charge in [0, 0.05) is 11.1 Å². The molecular weight excluding hydrogens is 267 g/mol. The molecule has 0 aliphatic carbocycles. The van der Waals surface area contributed by atoms with Crippen molar-refractivity contribution in [2.24, 2.45) is 5.84 Å². The molecule has 0 unspecified atom stereocenters. The molecular formula is C12H13FN4OS. The Hall–Kier alpha value is -1.99. The number of hydrogen-bond donors (Lipinski definition) is 3. The van der Waals surface area contributed by atoms with Gasteiger partial charge in [0.1, 0.15) is 0 Å². The fourth-order valence-corrected chi connectivity index (χ4v) is 2.41. The molecule has 100 valence electrons. The van der Waals surface area contributed by atoms with Crippen LogP contribution in [0.1, 0.15) is 20.8 Å². The average molecular weight is 280 g/mol. The topological polar surface area (TPSA) is 80.0 Å². The van der Waals surface area contributed by atoms with Crippen LogP contribution in [0.2, 0.25) is 0 Å². The highest BCUT2D eigenvalue weighted by atomic mass is 32.1. The number of rotatable bonds is 4. The summed E-state index contributed by atoms with van der Waals surface area (Å²) in [5.74, 6) is 3.70. The summed E-state index contributed by atoms with van der Waals surface area (Å²) < 4.78 is 13.8. The van der Waals surface area contributed by atoms with Crippen LogP contribution >= 0.6 is 11.3 Å². The lowest BCUT2D eigenvalue weighted by Gasteiger charge is -2.07. The van der Waals surface area contributed by atoms with Crippen molar-refractivity contribution in [3.63, 3.8) is 0 Å². The number of anilines is 1. The fourth-order valence-electron chi connectivity index (χ4n) is 1.56. The first-order valence-corrected chi connectivity index (χ1v) is 6.43. The number of thiophene rings is 1. The number of carbonyl (C=O) groups is 1. The minimum Gasteiger partial charge on any atom is -0.347 e. The number of carbonyl (C=O) groups excluding carboxylic acids is 1. The van der Waals surface area contributed by atoms with Gasteiger partial charge in [-0.1, -0.05) is 0 Å². The fraction of sp³-hybridized carbons (Fsp3) is 0.167. The third-order valence-corrected chi connectivity index (χ3v) is 3.67. The van der Waals surface area contributed by atoms with Gasteiger partial charge in [0.05, 0.1) is 12.1 Å². The third kappa shape index (κ3) is 2.88. The maximum Gasteiger partial charge on any atom is 0.254 e. The quantitative estimate of drug-likeness (QED) is 0.589. The van der Waals surface area contributed by atoms with Crippen molar-refractivity contribution in [2.75, 3.05) is 5.43 Å². The van der Waals surface area contributed by atoms with Crippen molar-refractivity contribution in [1.82, 2.24) is 10.3 Å². The highest BCUT2D eigenvalue weighted by Gasteiger charge is 2.15. The van der Waals surface area contributed by atoms with Gasteiger partial charge in [0.15, 0.2) is 11.6 Å². The summed E-state index contributed by atoms with van der Waals surface area (Å²) in [7, 11) is 0. The van der Waals surface area contributed by atoms with Gasteiger partial charge in [-0.3, -0.25) is 4.79 Å². The van der Waals surface area contributed by atoms with Gasteiger partial charge in [0.25, 0.3) is 5.91 Å². The molecule has 2 rings (SSSR count). The number of aryl methyl sites for hydroxylation is 1. The van der Waals surface area contributed by atoms with Crippen LogP contribution in [-0.2, 0) is 6.54 Å². The summed E-state index contributed by atoms with van der Waals surface area (Å²) >= 11 is 1.55. The van der Waals surface area contributed by atoms with Crippen molar-refractivity contribution in [3.05, 3.63) is 45.5 Å². The first kappa shape index (κ1) is 13.4. The summed E-state index contributed by atoms with van der Waals surface area (Å²) in [4.78, 5) is 16.6. The first-order valence-electron chi connectivity index (χ1n) is 5.55. The van der Waals surface area contributed by atoms with E-state index in [2.05, 4.69) is 15.7 Å². The molecule has 0 bridgehead atoms. The molecule has 2 aromatic rings. The van der Waals surface area contributed by atoms with E-state index in [9.17, 15) is 9.18 Å². The van der Waals surface area contributed by atoms with E-state index in [4.69, 9.17) is 5.84 Å². The Bertz CT molecular complexity index is 599. The number of aromatic nitrogens is 1. The van der Waals surface area contributed by atoms with Crippen LogP contribution in [-0.4, -0.2) is 10.9 Å². The van der Waals surface area contributed by atoms with Gasteiger partial charge < -0.3 is 10.7 Å². The van der Waals surface area contributed by atoms with E-state index in [0.29, 0.717) is 6.54 Å². The molecule has 4 N–H and O–H groups in total. The van der Waals surface area contributed by atoms with Gasteiger partial charge in [0.2, 0.25) is 0 Å². The second kappa shape index (κ2) is 5.77. The minimum atomic E-state index is -0.759. The lowest BCUT2D eigenvalue weighted by atomic mass is 10.2. The molecule has 0 saturated carbocycles. The third-order valence-electron chi connectivity index (χ3n) is 2.65. The Balaban J connectivity index is 2.10. The molecule has 0 fully saturated rings. The molecule has 0 aromatic carbocycles. The van der Waals surface area contributed by atoms with E-state index in [1.165, 1.54) is 12.3 Å². The Morgan fingerprint density at radius 2 is 2.32 bits per heavy atom. The number of nitrogen functional groups attached to an aromatic ring is 1. The number of nitrogens with two attached hydrogens (primary N) is 1. The summed E-state index contributed by atoms with van der Waals surface area (Å²) in [5.41, 5.74) is 3.12. The van der Waals surface area contributed by atoms with Gasteiger partial charge in [-0.2, -0.15) is 0 Å². The van der Waals surface area contributed by atoms with E-state index in [0.717, 1.165) is 10.4 Å². The van der Waals surface area contributed by atoms with Crippen LogP contribution in [0.4, 0.5) is 10.2 Å². The van der Waals surface area contributed by atoms with Crippen LogP contribution in [0.5, 0.6) is 0 Å². The number of pyridine rings is 1. The molecule has 0 saturated heterocycles. The summed E-state index contributed by atoms with van der Waals surface area (Å²) in [6.07, 6.45) is 1.32. The number of hydrazine groups is 1. The molecule has 5 nitrogen and oxygen atoms in total. The van der Waals surface area contributed by atoms with Crippen molar-refractivity contribution in [3.8, 4) is 0 Å². The molecule has 2 heterocycles. The summed E-state index contributed by atoms with van der Waals surface area (Å²) in [6, 6.07) is 3.28. The molecule has 7 heteroatoms.